The summed E-state index contributed by atoms with van der Waals surface area (Å²) in [5.74, 6) is 0.441. The first-order valence-electron chi connectivity index (χ1n) is 5.40. The monoisotopic (exact) mass is 427 g/mol. The van der Waals surface area contributed by atoms with Gasteiger partial charge in [-0.05, 0) is 76.0 Å². The summed E-state index contributed by atoms with van der Waals surface area (Å²) < 4.78 is 1.86. The second kappa shape index (κ2) is 5.45. The van der Waals surface area contributed by atoms with Gasteiger partial charge >= 0.3 is 0 Å². The molecule has 0 aliphatic heterocycles. The summed E-state index contributed by atoms with van der Waals surface area (Å²) in [4.78, 5) is 12.2. The van der Waals surface area contributed by atoms with Crippen molar-refractivity contribution >= 4 is 56.0 Å². The Hall–Kier alpha value is 0.190. The largest absolute Gasteiger partial charge is 0.345 e. The lowest BCUT2D eigenvalue weighted by atomic mass is 9.78. The minimum atomic E-state index is -0.181. The van der Waals surface area contributed by atoms with Gasteiger partial charge in [-0.25, -0.2) is 0 Å². The SMILES string of the molecule is O=C(NC1(CCl)CCC1)c1cc(I)ccc1Br. The van der Waals surface area contributed by atoms with Gasteiger partial charge in [0.05, 0.1) is 11.1 Å². The van der Waals surface area contributed by atoms with E-state index in [2.05, 4.69) is 43.8 Å². The minimum absolute atomic E-state index is 0.0456. The van der Waals surface area contributed by atoms with Crippen LogP contribution in [0.5, 0.6) is 0 Å². The Balaban J connectivity index is 2.17. The molecule has 0 radical (unpaired) electrons. The van der Waals surface area contributed by atoms with Gasteiger partial charge in [-0.3, -0.25) is 4.79 Å². The third-order valence-electron chi connectivity index (χ3n) is 3.12. The molecule has 5 heteroatoms. The Kier molecular flexibility index (Phi) is 4.36. The molecule has 1 saturated carbocycles. The average molecular weight is 428 g/mol. The highest BCUT2D eigenvalue weighted by Gasteiger charge is 2.37. The molecule has 0 unspecified atom stereocenters. The first-order valence-corrected chi connectivity index (χ1v) is 7.80. The highest BCUT2D eigenvalue weighted by atomic mass is 127. The van der Waals surface area contributed by atoms with Crippen LogP contribution in [0.2, 0.25) is 0 Å². The van der Waals surface area contributed by atoms with Gasteiger partial charge in [-0.2, -0.15) is 0 Å². The van der Waals surface area contributed by atoms with Crippen LogP contribution in [-0.2, 0) is 0 Å². The Morgan fingerprint density at radius 2 is 2.24 bits per heavy atom. The lowest BCUT2D eigenvalue weighted by molar-refractivity contribution is 0.0853. The van der Waals surface area contributed by atoms with Gasteiger partial charge in [-0.1, -0.05) is 0 Å². The maximum Gasteiger partial charge on any atom is 0.252 e. The van der Waals surface area contributed by atoms with E-state index in [4.69, 9.17) is 11.6 Å². The fourth-order valence-corrected chi connectivity index (χ4v) is 3.13. The fourth-order valence-electron chi connectivity index (χ4n) is 1.88. The van der Waals surface area contributed by atoms with Crippen molar-refractivity contribution in [1.29, 1.82) is 0 Å². The lowest BCUT2D eigenvalue weighted by Gasteiger charge is -2.41. The molecule has 1 aliphatic carbocycles. The number of benzene rings is 1. The molecule has 0 aromatic heterocycles. The Morgan fingerprint density at radius 3 is 2.76 bits per heavy atom. The number of hydrogen-bond donors (Lipinski definition) is 1. The highest BCUT2D eigenvalue weighted by Crippen LogP contribution is 2.33. The Morgan fingerprint density at radius 1 is 1.53 bits per heavy atom. The molecule has 1 fully saturated rings. The quantitative estimate of drug-likeness (QED) is 0.574. The van der Waals surface area contributed by atoms with Crippen LogP contribution in [-0.4, -0.2) is 17.3 Å². The van der Waals surface area contributed by atoms with E-state index >= 15 is 0 Å². The second-order valence-electron chi connectivity index (χ2n) is 4.35. The number of hydrogen-bond acceptors (Lipinski definition) is 1. The van der Waals surface area contributed by atoms with Gasteiger partial charge in [0.2, 0.25) is 0 Å². The van der Waals surface area contributed by atoms with Crippen molar-refractivity contribution in [3.05, 3.63) is 31.8 Å². The zero-order chi connectivity index (χ0) is 12.5. The number of carbonyl (C=O) groups excluding carboxylic acids is 1. The third kappa shape index (κ3) is 2.96. The summed E-state index contributed by atoms with van der Waals surface area (Å²) in [5, 5.41) is 3.06. The minimum Gasteiger partial charge on any atom is -0.345 e. The number of halogens is 3. The molecule has 0 spiro atoms. The highest BCUT2D eigenvalue weighted by molar-refractivity contribution is 14.1. The van der Waals surface area contributed by atoms with Crippen molar-refractivity contribution in [2.45, 2.75) is 24.8 Å². The van der Waals surface area contributed by atoms with Crippen LogP contribution in [0.15, 0.2) is 22.7 Å². The standard InChI is InChI=1S/C12H12BrClINO/c13-10-3-2-8(15)6-9(10)11(17)16-12(7-14)4-1-5-12/h2-3,6H,1,4-5,7H2,(H,16,17). The molecule has 0 saturated heterocycles. The van der Waals surface area contributed by atoms with Gasteiger partial charge in [0.15, 0.2) is 0 Å². The molecule has 0 atom stereocenters. The van der Waals surface area contributed by atoms with Crippen LogP contribution in [0.4, 0.5) is 0 Å². The van der Waals surface area contributed by atoms with E-state index in [1.165, 1.54) is 0 Å². The summed E-state index contributed by atoms with van der Waals surface area (Å²) in [5.41, 5.74) is 0.493. The van der Waals surface area contributed by atoms with Crippen molar-refractivity contribution in [3.8, 4) is 0 Å². The second-order valence-corrected chi connectivity index (χ2v) is 6.71. The molecule has 92 valence electrons. The number of rotatable bonds is 3. The molecule has 0 heterocycles. The molecule has 17 heavy (non-hydrogen) atoms. The first-order chi connectivity index (χ1) is 8.06. The van der Waals surface area contributed by atoms with Crippen LogP contribution in [0, 0.1) is 3.57 Å². The summed E-state index contributed by atoms with van der Waals surface area (Å²) >= 11 is 11.5. The van der Waals surface area contributed by atoms with Crippen LogP contribution >= 0.6 is 50.1 Å². The molecule has 1 aromatic rings. The average Bonchev–Trinajstić information content (AvgIpc) is 2.26. The van der Waals surface area contributed by atoms with E-state index < -0.39 is 0 Å². The van der Waals surface area contributed by atoms with Crippen LogP contribution in [0.25, 0.3) is 0 Å². The van der Waals surface area contributed by atoms with Crippen molar-refractivity contribution < 1.29 is 4.79 Å². The summed E-state index contributed by atoms with van der Waals surface area (Å²) in [6, 6.07) is 5.73. The van der Waals surface area contributed by atoms with Crippen LogP contribution in [0.3, 0.4) is 0 Å². The Labute approximate surface area is 128 Å². The normalized spacial score (nSPS) is 17.4. The smallest absolute Gasteiger partial charge is 0.252 e. The summed E-state index contributed by atoms with van der Waals surface area (Å²) in [6.45, 7) is 0. The zero-order valence-corrected chi connectivity index (χ0v) is 13.6. The molecular weight excluding hydrogens is 416 g/mol. The number of nitrogens with one attached hydrogen (secondary N) is 1. The van der Waals surface area contributed by atoms with E-state index in [0.29, 0.717) is 11.4 Å². The Bertz CT molecular complexity index is 443. The molecule has 1 N–H and O–H groups in total. The predicted octanol–water partition coefficient (Wildman–Crippen LogP) is 3.95. The van der Waals surface area contributed by atoms with Gasteiger partial charge < -0.3 is 5.32 Å². The van der Waals surface area contributed by atoms with Crippen LogP contribution in [0.1, 0.15) is 29.6 Å². The molecule has 1 aliphatic rings. The molecule has 2 nitrogen and oxygen atoms in total. The molecule has 2 rings (SSSR count). The van der Waals surface area contributed by atoms with Crippen LogP contribution < -0.4 is 5.32 Å². The fraction of sp³-hybridized carbons (Fsp3) is 0.417. The molecule has 1 amide bonds. The first kappa shape index (κ1) is 13.6. The summed E-state index contributed by atoms with van der Waals surface area (Å²) in [7, 11) is 0. The van der Waals surface area contributed by atoms with E-state index in [9.17, 15) is 4.79 Å². The zero-order valence-electron chi connectivity index (χ0n) is 9.10. The molecular formula is C12H12BrClINO. The lowest BCUT2D eigenvalue weighted by Crippen LogP contribution is -2.55. The third-order valence-corrected chi connectivity index (χ3v) is 4.99. The topological polar surface area (TPSA) is 29.1 Å². The van der Waals surface area contributed by atoms with E-state index in [-0.39, 0.29) is 11.4 Å². The van der Waals surface area contributed by atoms with E-state index in [0.717, 1.165) is 27.3 Å². The van der Waals surface area contributed by atoms with E-state index in [1.54, 1.807) is 0 Å². The number of carbonyl (C=O) groups is 1. The maximum absolute atomic E-state index is 12.2. The van der Waals surface area contributed by atoms with Crippen molar-refractivity contribution in [1.82, 2.24) is 5.32 Å². The number of amides is 1. The predicted molar refractivity (Wildman–Crippen MR) is 81.6 cm³/mol. The van der Waals surface area contributed by atoms with E-state index in [1.807, 2.05) is 18.2 Å². The molecule has 0 bridgehead atoms. The van der Waals surface area contributed by atoms with Gasteiger partial charge in [0.1, 0.15) is 0 Å². The maximum atomic E-state index is 12.2. The van der Waals surface area contributed by atoms with Crippen molar-refractivity contribution in [2.75, 3.05) is 5.88 Å². The van der Waals surface area contributed by atoms with Gasteiger partial charge in [-0.15, -0.1) is 11.6 Å². The number of alkyl halides is 1. The molecule has 1 aromatic carbocycles. The van der Waals surface area contributed by atoms with Crippen molar-refractivity contribution in [3.63, 3.8) is 0 Å². The van der Waals surface area contributed by atoms with Crippen molar-refractivity contribution in [2.24, 2.45) is 0 Å². The van der Waals surface area contributed by atoms with Gasteiger partial charge in [0.25, 0.3) is 5.91 Å². The van der Waals surface area contributed by atoms with Gasteiger partial charge in [0, 0.05) is 13.9 Å². The summed E-state index contributed by atoms with van der Waals surface area (Å²) in [6.07, 6.45) is 3.09.